The van der Waals surface area contributed by atoms with Crippen molar-refractivity contribution in [1.82, 2.24) is 0 Å². The third kappa shape index (κ3) is 2.42. The highest BCUT2D eigenvalue weighted by atomic mass is 19.1. The van der Waals surface area contributed by atoms with Crippen LogP contribution in [0.5, 0.6) is 5.75 Å². The fourth-order valence-electron chi connectivity index (χ4n) is 3.04. The van der Waals surface area contributed by atoms with Crippen LogP contribution in [0.1, 0.15) is 37.0 Å². The van der Waals surface area contributed by atoms with Gasteiger partial charge in [-0.2, -0.15) is 0 Å². The lowest BCUT2D eigenvalue weighted by Crippen LogP contribution is -2.24. The highest BCUT2D eigenvalue weighted by molar-refractivity contribution is 5.47. The summed E-state index contributed by atoms with van der Waals surface area (Å²) in [6.07, 6.45) is 1.12. The van der Waals surface area contributed by atoms with Crippen LogP contribution in [0, 0.1) is 5.82 Å². The third-order valence-electron chi connectivity index (χ3n) is 3.98. The van der Waals surface area contributed by atoms with Gasteiger partial charge in [-0.15, -0.1) is 0 Å². The Morgan fingerprint density at radius 3 is 2.71 bits per heavy atom. The standard InChI is InChI=1S/C18H19FO2/c1-12(2)21-14-6-3-5-13(11-14)18(20)10-9-15-16(18)7-4-8-17(15)19/h3-8,11-12,20H,9-10H2,1-2H3. The Kier molecular flexibility index (Phi) is 3.46. The smallest absolute Gasteiger partial charge is 0.126 e. The van der Waals surface area contributed by atoms with Gasteiger partial charge < -0.3 is 9.84 Å². The topological polar surface area (TPSA) is 29.5 Å². The molecule has 2 nitrogen and oxygen atoms in total. The fourth-order valence-corrected chi connectivity index (χ4v) is 3.04. The summed E-state index contributed by atoms with van der Waals surface area (Å²) in [7, 11) is 0. The van der Waals surface area contributed by atoms with Gasteiger partial charge in [-0.1, -0.05) is 24.3 Å². The summed E-state index contributed by atoms with van der Waals surface area (Å²) in [6.45, 7) is 3.92. The number of benzene rings is 2. The largest absolute Gasteiger partial charge is 0.491 e. The molecule has 3 rings (SSSR count). The number of hydrogen-bond donors (Lipinski definition) is 1. The van der Waals surface area contributed by atoms with E-state index in [1.165, 1.54) is 6.07 Å². The van der Waals surface area contributed by atoms with Crippen molar-refractivity contribution >= 4 is 0 Å². The van der Waals surface area contributed by atoms with Gasteiger partial charge in [0.1, 0.15) is 17.2 Å². The number of fused-ring (bicyclic) bond motifs is 1. The van der Waals surface area contributed by atoms with Gasteiger partial charge in [-0.3, -0.25) is 0 Å². The molecule has 3 heteroatoms. The van der Waals surface area contributed by atoms with Crippen molar-refractivity contribution in [3.8, 4) is 5.75 Å². The molecular weight excluding hydrogens is 267 g/mol. The predicted molar refractivity (Wildman–Crippen MR) is 79.9 cm³/mol. The van der Waals surface area contributed by atoms with Crippen molar-refractivity contribution in [3.05, 3.63) is 65.0 Å². The van der Waals surface area contributed by atoms with Crippen LogP contribution in [0.3, 0.4) is 0 Å². The first-order chi connectivity index (χ1) is 10.0. The van der Waals surface area contributed by atoms with Crippen LogP contribution in [0.15, 0.2) is 42.5 Å². The molecule has 0 radical (unpaired) electrons. The molecule has 1 N–H and O–H groups in total. The molecule has 2 aromatic rings. The van der Waals surface area contributed by atoms with E-state index < -0.39 is 5.60 Å². The van der Waals surface area contributed by atoms with E-state index in [-0.39, 0.29) is 11.9 Å². The van der Waals surface area contributed by atoms with Gasteiger partial charge in [0.05, 0.1) is 6.10 Å². The van der Waals surface area contributed by atoms with Crippen LogP contribution in [-0.2, 0) is 12.0 Å². The second-order valence-corrected chi connectivity index (χ2v) is 5.82. The Hall–Kier alpha value is -1.87. The first-order valence-corrected chi connectivity index (χ1v) is 7.28. The van der Waals surface area contributed by atoms with Gasteiger partial charge in [0.15, 0.2) is 0 Å². The van der Waals surface area contributed by atoms with Gasteiger partial charge in [0.2, 0.25) is 0 Å². The second-order valence-electron chi connectivity index (χ2n) is 5.82. The summed E-state index contributed by atoms with van der Waals surface area (Å²) < 4.78 is 19.6. The maximum Gasteiger partial charge on any atom is 0.126 e. The van der Waals surface area contributed by atoms with Crippen molar-refractivity contribution in [2.24, 2.45) is 0 Å². The molecule has 21 heavy (non-hydrogen) atoms. The normalized spacial score (nSPS) is 20.6. The second kappa shape index (κ2) is 5.15. The molecule has 1 aliphatic carbocycles. The van der Waals surface area contributed by atoms with Crippen molar-refractivity contribution in [2.75, 3.05) is 0 Å². The molecular formula is C18H19FO2. The SMILES string of the molecule is CC(C)Oc1cccc(C2(O)CCc3c(F)cccc32)c1. The van der Waals surface area contributed by atoms with Crippen molar-refractivity contribution in [3.63, 3.8) is 0 Å². The average molecular weight is 286 g/mol. The Labute approximate surface area is 124 Å². The maximum atomic E-state index is 13.9. The van der Waals surface area contributed by atoms with Gasteiger partial charge in [0, 0.05) is 0 Å². The Morgan fingerprint density at radius 2 is 1.95 bits per heavy atom. The lowest BCUT2D eigenvalue weighted by Gasteiger charge is -2.25. The van der Waals surface area contributed by atoms with E-state index in [2.05, 4.69) is 0 Å². The van der Waals surface area contributed by atoms with Crippen LogP contribution >= 0.6 is 0 Å². The van der Waals surface area contributed by atoms with Gasteiger partial charge >= 0.3 is 0 Å². The predicted octanol–water partition coefficient (Wildman–Crippen LogP) is 3.80. The number of ether oxygens (including phenoxy) is 1. The quantitative estimate of drug-likeness (QED) is 0.930. The van der Waals surface area contributed by atoms with E-state index in [0.29, 0.717) is 24.0 Å². The van der Waals surface area contributed by atoms with Crippen LogP contribution in [0.4, 0.5) is 4.39 Å². The number of aliphatic hydroxyl groups is 1. The minimum absolute atomic E-state index is 0.0724. The lowest BCUT2D eigenvalue weighted by atomic mass is 9.88. The number of hydrogen-bond acceptors (Lipinski definition) is 2. The van der Waals surface area contributed by atoms with Crippen LogP contribution < -0.4 is 4.74 Å². The molecule has 0 saturated carbocycles. The first kappa shape index (κ1) is 14.1. The monoisotopic (exact) mass is 286 g/mol. The molecule has 0 heterocycles. The molecule has 0 bridgehead atoms. The van der Waals surface area contributed by atoms with E-state index in [9.17, 15) is 9.50 Å². The molecule has 0 spiro atoms. The molecule has 1 unspecified atom stereocenters. The molecule has 1 atom stereocenters. The fraction of sp³-hybridized carbons (Fsp3) is 0.333. The van der Waals surface area contributed by atoms with Crippen LogP contribution in [0.2, 0.25) is 0 Å². The summed E-state index contributed by atoms with van der Waals surface area (Å²) in [5, 5.41) is 11.1. The van der Waals surface area contributed by atoms with E-state index in [1.807, 2.05) is 38.1 Å². The first-order valence-electron chi connectivity index (χ1n) is 7.28. The summed E-state index contributed by atoms with van der Waals surface area (Å²) in [6, 6.07) is 12.4. The molecule has 1 aliphatic rings. The highest BCUT2D eigenvalue weighted by Gasteiger charge is 2.39. The number of halogens is 1. The minimum atomic E-state index is -1.13. The van der Waals surface area contributed by atoms with Gasteiger partial charge in [-0.25, -0.2) is 4.39 Å². The zero-order valence-electron chi connectivity index (χ0n) is 12.3. The summed E-state index contributed by atoms with van der Waals surface area (Å²) in [4.78, 5) is 0. The van der Waals surface area contributed by atoms with Crippen molar-refractivity contribution in [1.29, 1.82) is 0 Å². The van der Waals surface area contributed by atoms with Gasteiger partial charge in [0.25, 0.3) is 0 Å². The van der Waals surface area contributed by atoms with Crippen molar-refractivity contribution < 1.29 is 14.2 Å². The average Bonchev–Trinajstić information content (AvgIpc) is 2.79. The zero-order chi connectivity index (χ0) is 15.0. The molecule has 0 amide bonds. The molecule has 0 fully saturated rings. The molecule has 0 aromatic heterocycles. The van der Waals surface area contributed by atoms with Crippen LogP contribution in [-0.4, -0.2) is 11.2 Å². The highest BCUT2D eigenvalue weighted by Crippen LogP contribution is 2.43. The molecule has 0 saturated heterocycles. The number of rotatable bonds is 3. The van der Waals surface area contributed by atoms with Crippen LogP contribution in [0.25, 0.3) is 0 Å². The maximum absolute atomic E-state index is 13.9. The van der Waals surface area contributed by atoms with Crippen molar-refractivity contribution in [2.45, 2.75) is 38.4 Å². The Morgan fingerprint density at radius 1 is 1.19 bits per heavy atom. The third-order valence-corrected chi connectivity index (χ3v) is 3.98. The molecule has 110 valence electrons. The Bertz CT molecular complexity index is 666. The zero-order valence-corrected chi connectivity index (χ0v) is 12.3. The summed E-state index contributed by atoms with van der Waals surface area (Å²) in [5.74, 6) is 0.485. The van der Waals surface area contributed by atoms with E-state index in [0.717, 1.165) is 11.3 Å². The van der Waals surface area contributed by atoms with E-state index in [1.54, 1.807) is 12.1 Å². The minimum Gasteiger partial charge on any atom is -0.491 e. The Balaban J connectivity index is 2.04. The molecule has 2 aromatic carbocycles. The van der Waals surface area contributed by atoms with E-state index >= 15 is 0 Å². The van der Waals surface area contributed by atoms with E-state index in [4.69, 9.17) is 4.74 Å². The molecule has 0 aliphatic heterocycles. The van der Waals surface area contributed by atoms with Gasteiger partial charge in [-0.05, 0) is 61.6 Å². The lowest BCUT2D eigenvalue weighted by molar-refractivity contribution is 0.0824. The summed E-state index contributed by atoms with van der Waals surface area (Å²) >= 11 is 0. The summed E-state index contributed by atoms with van der Waals surface area (Å²) in [5.41, 5.74) is 0.915.